The van der Waals surface area contributed by atoms with Gasteiger partial charge in [0.1, 0.15) is 5.56 Å². The van der Waals surface area contributed by atoms with Crippen molar-refractivity contribution < 1.29 is 14.3 Å². The van der Waals surface area contributed by atoms with Gasteiger partial charge in [0.15, 0.2) is 0 Å². The fraction of sp³-hybridized carbons (Fsp3) is 0.450. The third-order valence-electron chi connectivity index (χ3n) is 4.84. The Labute approximate surface area is 165 Å². The lowest BCUT2D eigenvalue weighted by Crippen LogP contribution is -2.50. The Balaban J connectivity index is 1.39. The van der Waals surface area contributed by atoms with Crippen molar-refractivity contribution in [1.82, 2.24) is 24.9 Å². The molecule has 1 aromatic heterocycles. The number of nitrogens with one attached hydrogen (secondary N) is 1. The van der Waals surface area contributed by atoms with Crippen LogP contribution in [0.25, 0.3) is 0 Å². The summed E-state index contributed by atoms with van der Waals surface area (Å²) in [6.07, 6.45) is 2.09. The van der Waals surface area contributed by atoms with E-state index in [4.69, 9.17) is 4.74 Å². The molecule has 2 aromatic rings. The van der Waals surface area contributed by atoms with Crippen LogP contribution in [0.3, 0.4) is 0 Å². The summed E-state index contributed by atoms with van der Waals surface area (Å²) < 4.78 is 6.77. The molecule has 3 rings (SSSR count). The molecule has 0 bridgehead atoms. The highest BCUT2D eigenvalue weighted by Crippen LogP contribution is 2.18. The Hall–Kier alpha value is -2.87. The maximum atomic E-state index is 12.7. The largest absolute Gasteiger partial charge is 0.479 e. The molecule has 0 atom stereocenters. The molecule has 0 saturated carbocycles. The van der Waals surface area contributed by atoms with Gasteiger partial charge in [0.2, 0.25) is 11.8 Å². The van der Waals surface area contributed by atoms with Crippen LogP contribution in [-0.2, 0) is 18.3 Å². The number of piperazine rings is 1. The Kier molecular flexibility index (Phi) is 6.65. The first kappa shape index (κ1) is 19.9. The number of benzene rings is 1. The molecule has 150 valence electrons. The minimum atomic E-state index is -0.0548. The maximum Gasteiger partial charge on any atom is 0.261 e. The second kappa shape index (κ2) is 9.36. The summed E-state index contributed by atoms with van der Waals surface area (Å²) in [6.45, 7) is 4.24. The molecule has 1 aliphatic heterocycles. The second-order valence-electron chi connectivity index (χ2n) is 6.87. The summed E-state index contributed by atoms with van der Waals surface area (Å²) in [5.41, 5.74) is 1.50. The normalized spacial score (nSPS) is 14.7. The third-order valence-corrected chi connectivity index (χ3v) is 4.84. The molecule has 0 aliphatic carbocycles. The lowest BCUT2D eigenvalue weighted by atomic mass is 10.1. The summed E-state index contributed by atoms with van der Waals surface area (Å²) in [5.74, 6) is 0.334. The lowest BCUT2D eigenvalue weighted by molar-refractivity contribution is -0.120. The van der Waals surface area contributed by atoms with Gasteiger partial charge in [-0.2, -0.15) is 0 Å². The van der Waals surface area contributed by atoms with Crippen molar-refractivity contribution in [1.29, 1.82) is 0 Å². The summed E-state index contributed by atoms with van der Waals surface area (Å²) >= 11 is 0. The Bertz CT molecular complexity index is 797. The van der Waals surface area contributed by atoms with Crippen molar-refractivity contribution >= 4 is 11.8 Å². The Morgan fingerprint density at radius 2 is 1.86 bits per heavy atom. The van der Waals surface area contributed by atoms with E-state index in [2.05, 4.69) is 15.3 Å². The van der Waals surface area contributed by atoms with Gasteiger partial charge in [0.25, 0.3) is 5.91 Å². The third kappa shape index (κ3) is 5.10. The van der Waals surface area contributed by atoms with Crippen molar-refractivity contribution in [3.8, 4) is 5.88 Å². The van der Waals surface area contributed by atoms with Crippen LogP contribution >= 0.6 is 0 Å². The van der Waals surface area contributed by atoms with E-state index in [0.717, 1.165) is 25.2 Å². The van der Waals surface area contributed by atoms with Crippen molar-refractivity contribution in [2.45, 2.75) is 6.42 Å². The molecular formula is C20H27N5O3. The molecule has 0 spiro atoms. The predicted molar refractivity (Wildman–Crippen MR) is 105 cm³/mol. The molecule has 1 aliphatic rings. The number of amides is 2. The number of methoxy groups -OCH3 is 1. The van der Waals surface area contributed by atoms with Crippen molar-refractivity contribution in [3.05, 3.63) is 47.7 Å². The van der Waals surface area contributed by atoms with Crippen LogP contribution in [0.2, 0.25) is 0 Å². The zero-order chi connectivity index (χ0) is 19.9. The first-order chi connectivity index (χ1) is 13.6. The van der Waals surface area contributed by atoms with E-state index >= 15 is 0 Å². The summed E-state index contributed by atoms with van der Waals surface area (Å²) in [4.78, 5) is 28.8. The zero-order valence-electron chi connectivity index (χ0n) is 16.4. The molecule has 1 aromatic carbocycles. The number of carbonyl (C=O) groups is 2. The van der Waals surface area contributed by atoms with Crippen LogP contribution in [0, 0.1) is 0 Å². The van der Waals surface area contributed by atoms with Crippen molar-refractivity contribution in [2.75, 3.05) is 46.4 Å². The second-order valence-corrected chi connectivity index (χ2v) is 6.87. The van der Waals surface area contributed by atoms with Crippen LogP contribution in [0.5, 0.6) is 5.88 Å². The molecule has 28 heavy (non-hydrogen) atoms. The average Bonchev–Trinajstić information content (AvgIpc) is 3.09. The van der Waals surface area contributed by atoms with Gasteiger partial charge in [-0.1, -0.05) is 30.3 Å². The quantitative estimate of drug-likeness (QED) is 0.753. The highest BCUT2D eigenvalue weighted by Gasteiger charge is 2.25. The number of nitrogens with zero attached hydrogens (tertiary/aromatic N) is 4. The van der Waals surface area contributed by atoms with Gasteiger partial charge in [-0.3, -0.25) is 19.2 Å². The van der Waals surface area contributed by atoms with Gasteiger partial charge in [0.05, 0.1) is 13.5 Å². The average molecular weight is 385 g/mol. The van der Waals surface area contributed by atoms with Gasteiger partial charge >= 0.3 is 0 Å². The standard InChI is InChI=1S/C20H27N5O3/c1-23-15-17(19(22-23)28-2)20(27)25-12-10-24(11-13-25)9-8-21-18(26)14-16-6-4-3-5-7-16/h3-7,15H,8-14H2,1-2H3,(H,21,26). The molecule has 2 amide bonds. The van der Waals surface area contributed by atoms with Crippen LogP contribution in [0.15, 0.2) is 36.5 Å². The number of rotatable bonds is 7. The van der Waals surface area contributed by atoms with E-state index in [-0.39, 0.29) is 11.8 Å². The molecule has 2 heterocycles. The first-order valence-corrected chi connectivity index (χ1v) is 9.46. The van der Waals surface area contributed by atoms with Gasteiger partial charge in [-0.05, 0) is 5.56 Å². The van der Waals surface area contributed by atoms with E-state index < -0.39 is 0 Å². The first-order valence-electron chi connectivity index (χ1n) is 9.46. The van der Waals surface area contributed by atoms with E-state index in [1.165, 1.54) is 7.11 Å². The number of hydrogen-bond donors (Lipinski definition) is 1. The smallest absolute Gasteiger partial charge is 0.261 e. The number of carbonyl (C=O) groups excluding carboxylic acids is 2. The minimum absolute atomic E-state index is 0.0312. The number of aryl methyl sites for hydroxylation is 1. The highest BCUT2D eigenvalue weighted by molar-refractivity contribution is 5.96. The molecule has 1 fully saturated rings. The van der Waals surface area contributed by atoms with Gasteiger partial charge in [-0.25, -0.2) is 0 Å². The number of aromatic nitrogens is 2. The van der Waals surface area contributed by atoms with Crippen LogP contribution in [-0.4, -0.2) is 77.8 Å². The topological polar surface area (TPSA) is 79.7 Å². The van der Waals surface area contributed by atoms with Crippen molar-refractivity contribution in [2.24, 2.45) is 7.05 Å². The maximum absolute atomic E-state index is 12.7. The number of hydrogen-bond acceptors (Lipinski definition) is 5. The van der Waals surface area contributed by atoms with Crippen LogP contribution < -0.4 is 10.1 Å². The monoisotopic (exact) mass is 385 g/mol. The van der Waals surface area contributed by atoms with E-state index in [9.17, 15) is 9.59 Å². The summed E-state index contributed by atoms with van der Waals surface area (Å²) in [7, 11) is 3.28. The molecule has 8 nitrogen and oxygen atoms in total. The van der Waals surface area contributed by atoms with Crippen LogP contribution in [0.1, 0.15) is 15.9 Å². The van der Waals surface area contributed by atoms with Gasteiger partial charge in [-0.15, -0.1) is 5.10 Å². The summed E-state index contributed by atoms with van der Waals surface area (Å²) in [6, 6.07) is 9.71. The fourth-order valence-electron chi connectivity index (χ4n) is 3.31. The zero-order valence-corrected chi connectivity index (χ0v) is 16.4. The molecular weight excluding hydrogens is 358 g/mol. The lowest BCUT2D eigenvalue weighted by Gasteiger charge is -2.34. The van der Waals surface area contributed by atoms with E-state index in [0.29, 0.717) is 37.5 Å². The SMILES string of the molecule is COc1nn(C)cc1C(=O)N1CCN(CCNC(=O)Cc2ccccc2)CC1. The van der Waals surface area contributed by atoms with E-state index in [1.807, 2.05) is 35.2 Å². The summed E-state index contributed by atoms with van der Waals surface area (Å²) in [5, 5.41) is 7.11. The van der Waals surface area contributed by atoms with Gasteiger partial charge < -0.3 is 15.0 Å². The van der Waals surface area contributed by atoms with Gasteiger partial charge in [0, 0.05) is 52.5 Å². The highest BCUT2D eigenvalue weighted by atomic mass is 16.5. The molecule has 8 heteroatoms. The predicted octanol–water partition coefficient (Wildman–Crippen LogP) is 0.545. The van der Waals surface area contributed by atoms with Crippen LogP contribution in [0.4, 0.5) is 0 Å². The van der Waals surface area contributed by atoms with E-state index in [1.54, 1.807) is 17.9 Å². The molecule has 0 radical (unpaired) electrons. The minimum Gasteiger partial charge on any atom is -0.479 e. The Morgan fingerprint density at radius 3 is 2.54 bits per heavy atom. The number of ether oxygens (including phenoxy) is 1. The fourth-order valence-corrected chi connectivity index (χ4v) is 3.31. The molecule has 1 saturated heterocycles. The van der Waals surface area contributed by atoms with Crippen molar-refractivity contribution in [3.63, 3.8) is 0 Å². The Morgan fingerprint density at radius 1 is 1.14 bits per heavy atom. The molecule has 0 unspecified atom stereocenters. The molecule has 1 N–H and O–H groups in total.